The fourth-order valence-corrected chi connectivity index (χ4v) is 9.38. The average molecular weight is 764 g/mol. The van der Waals surface area contributed by atoms with Crippen LogP contribution in [0.15, 0.2) is 229 Å². The van der Waals surface area contributed by atoms with Crippen LogP contribution in [-0.4, -0.2) is 0 Å². The molecule has 11 aromatic carbocycles. The normalized spacial score (nSPS) is 11.7. The van der Waals surface area contributed by atoms with Crippen LogP contribution < -0.4 is 4.90 Å². The molecule has 1 heterocycles. The quantitative estimate of drug-likeness (QED) is 0.157. The monoisotopic (exact) mass is 763 g/mol. The van der Waals surface area contributed by atoms with Crippen molar-refractivity contribution in [1.29, 1.82) is 0 Å². The summed E-state index contributed by atoms with van der Waals surface area (Å²) >= 11 is 0. The van der Waals surface area contributed by atoms with Gasteiger partial charge in [0, 0.05) is 39.3 Å². The Kier molecular flexibility index (Phi) is 7.89. The molecule has 1 aromatic heterocycles. The molecule has 12 rings (SSSR count). The van der Waals surface area contributed by atoms with Crippen LogP contribution in [0.1, 0.15) is 0 Å². The topological polar surface area (TPSA) is 16.4 Å². The molecule has 0 atom stereocenters. The van der Waals surface area contributed by atoms with Gasteiger partial charge in [-0.05, 0) is 120 Å². The Hall–Kier alpha value is -7.94. The molecule has 12 aromatic rings. The van der Waals surface area contributed by atoms with Crippen molar-refractivity contribution >= 4 is 82.1 Å². The van der Waals surface area contributed by atoms with Crippen molar-refractivity contribution in [2.75, 3.05) is 4.90 Å². The molecule has 60 heavy (non-hydrogen) atoms. The zero-order valence-electron chi connectivity index (χ0n) is 32.7. The lowest BCUT2D eigenvalue weighted by Gasteiger charge is -2.26. The van der Waals surface area contributed by atoms with E-state index in [-0.39, 0.29) is 0 Å². The molecule has 0 saturated heterocycles. The zero-order chi connectivity index (χ0) is 39.6. The highest BCUT2D eigenvalue weighted by atomic mass is 16.3. The van der Waals surface area contributed by atoms with Crippen molar-refractivity contribution in [2.24, 2.45) is 0 Å². The van der Waals surface area contributed by atoms with Gasteiger partial charge in [0.2, 0.25) is 0 Å². The van der Waals surface area contributed by atoms with Crippen LogP contribution in [0.2, 0.25) is 0 Å². The van der Waals surface area contributed by atoms with E-state index in [9.17, 15) is 0 Å². The summed E-state index contributed by atoms with van der Waals surface area (Å²) in [5, 5.41) is 12.1. The molecule has 0 saturated carbocycles. The van der Waals surface area contributed by atoms with E-state index >= 15 is 0 Å². The summed E-state index contributed by atoms with van der Waals surface area (Å²) in [4.78, 5) is 2.34. The van der Waals surface area contributed by atoms with Crippen LogP contribution in [0, 0.1) is 0 Å². The van der Waals surface area contributed by atoms with Gasteiger partial charge in [-0.25, -0.2) is 0 Å². The maximum Gasteiger partial charge on any atom is 0.143 e. The zero-order valence-corrected chi connectivity index (χ0v) is 32.7. The summed E-state index contributed by atoms with van der Waals surface area (Å²) in [6.45, 7) is 0. The van der Waals surface area contributed by atoms with E-state index in [1.165, 1.54) is 65.5 Å². The smallest absolute Gasteiger partial charge is 0.143 e. The minimum Gasteiger partial charge on any atom is -0.455 e. The molecule has 2 heteroatoms. The summed E-state index contributed by atoms with van der Waals surface area (Å²) in [5.41, 5.74) is 12.2. The van der Waals surface area contributed by atoms with Crippen LogP contribution in [-0.2, 0) is 0 Å². The number of nitrogens with zero attached hydrogens (tertiary/aromatic N) is 1. The SMILES string of the molecule is c1ccc(-c2cc3ccccc3c3ccccc23)c(-c2ccc(N(c3ccc(-c4cccc5ccccc45)cc3)c3ccc4c(c3)oc3c5ccccc5ccc43)cc2)c1. The lowest BCUT2D eigenvalue weighted by molar-refractivity contribution is 0.672. The molecule has 0 aliphatic carbocycles. The second-order valence-electron chi connectivity index (χ2n) is 15.6. The predicted octanol–water partition coefficient (Wildman–Crippen LogP) is 16.7. The van der Waals surface area contributed by atoms with E-state index < -0.39 is 0 Å². The number of hydrogen-bond acceptors (Lipinski definition) is 2. The van der Waals surface area contributed by atoms with E-state index in [1.807, 2.05) is 0 Å². The molecule has 2 nitrogen and oxygen atoms in total. The van der Waals surface area contributed by atoms with E-state index in [4.69, 9.17) is 4.42 Å². The number of fused-ring (bicyclic) bond motifs is 9. The Balaban J connectivity index is 0.990. The van der Waals surface area contributed by atoms with Crippen molar-refractivity contribution in [2.45, 2.75) is 0 Å². The third kappa shape index (κ3) is 5.57. The van der Waals surface area contributed by atoms with E-state index in [1.54, 1.807) is 0 Å². The minimum atomic E-state index is 0.865. The molecular formula is C58H37NO. The Labute approximate surface area is 347 Å². The maximum absolute atomic E-state index is 6.71. The first-order valence-electron chi connectivity index (χ1n) is 20.6. The van der Waals surface area contributed by atoms with Gasteiger partial charge in [-0.3, -0.25) is 0 Å². The van der Waals surface area contributed by atoms with Crippen molar-refractivity contribution in [1.82, 2.24) is 0 Å². The molecule has 0 amide bonds. The van der Waals surface area contributed by atoms with Gasteiger partial charge in [0.15, 0.2) is 0 Å². The molecule has 0 aliphatic rings. The number of anilines is 3. The van der Waals surface area contributed by atoms with Gasteiger partial charge in [0.1, 0.15) is 11.2 Å². The minimum absolute atomic E-state index is 0.865. The first-order valence-corrected chi connectivity index (χ1v) is 20.6. The summed E-state index contributed by atoms with van der Waals surface area (Å²) < 4.78 is 6.71. The van der Waals surface area contributed by atoms with Crippen molar-refractivity contribution in [3.63, 3.8) is 0 Å². The van der Waals surface area contributed by atoms with Gasteiger partial charge < -0.3 is 9.32 Å². The van der Waals surface area contributed by atoms with Crippen molar-refractivity contribution in [3.8, 4) is 33.4 Å². The van der Waals surface area contributed by atoms with Crippen LogP contribution in [0.5, 0.6) is 0 Å². The first-order chi connectivity index (χ1) is 29.7. The highest BCUT2D eigenvalue weighted by molar-refractivity contribution is 6.16. The molecule has 0 aliphatic heterocycles. The summed E-state index contributed by atoms with van der Waals surface area (Å²) in [6.07, 6.45) is 0. The number of furan rings is 1. The molecule has 0 fully saturated rings. The predicted molar refractivity (Wildman–Crippen MR) is 255 cm³/mol. The lowest BCUT2D eigenvalue weighted by Crippen LogP contribution is -2.09. The summed E-state index contributed by atoms with van der Waals surface area (Å²) in [7, 11) is 0. The highest BCUT2D eigenvalue weighted by Crippen LogP contribution is 2.43. The Morgan fingerprint density at radius 1 is 0.267 bits per heavy atom. The molecule has 0 N–H and O–H groups in total. The van der Waals surface area contributed by atoms with Gasteiger partial charge >= 0.3 is 0 Å². The third-order valence-electron chi connectivity index (χ3n) is 12.3. The van der Waals surface area contributed by atoms with E-state index in [0.717, 1.165) is 50.0 Å². The average Bonchev–Trinajstić information content (AvgIpc) is 3.70. The molecule has 0 unspecified atom stereocenters. The fraction of sp³-hybridized carbons (Fsp3) is 0. The maximum atomic E-state index is 6.71. The fourth-order valence-electron chi connectivity index (χ4n) is 9.38. The molecular weight excluding hydrogens is 727 g/mol. The van der Waals surface area contributed by atoms with Crippen LogP contribution in [0.3, 0.4) is 0 Å². The first kappa shape index (κ1) is 34.1. The Bertz CT molecular complexity index is 3590. The molecule has 0 bridgehead atoms. The summed E-state index contributed by atoms with van der Waals surface area (Å²) in [5.74, 6) is 0. The largest absolute Gasteiger partial charge is 0.455 e. The van der Waals surface area contributed by atoms with Crippen LogP contribution in [0.4, 0.5) is 17.1 Å². The lowest BCUT2D eigenvalue weighted by atomic mass is 9.89. The third-order valence-corrected chi connectivity index (χ3v) is 12.3. The second-order valence-corrected chi connectivity index (χ2v) is 15.6. The van der Waals surface area contributed by atoms with Crippen LogP contribution in [0.25, 0.3) is 98.4 Å². The molecule has 0 radical (unpaired) electrons. The molecule has 0 spiro atoms. The van der Waals surface area contributed by atoms with Gasteiger partial charge in [-0.2, -0.15) is 0 Å². The van der Waals surface area contributed by atoms with Gasteiger partial charge in [0.05, 0.1) is 0 Å². The Morgan fingerprint density at radius 2 is 0.783 bits per heavy atom. The van der Waals surface area contributed by atoms with Gasteiger partial charge in [0.25, 0.3) is 0 Å². The number of hydrogen-bond donors (Lipinski definition) is 0. The summed E-state index contributed by atoms with van der Waals surface area (Å²) in [6, 6.07) is 81.2. The van der Waals surface area contributed by atoms with E-state index in [2.05, 4.69) is 229 Å². The van der Waals surface area contributed by atoms with Crippen molar-refractivity contribution in [3.05, 3.63) is 224 Å². The second kappa shape index (κ2) is 13.9. The number of rotatable bonds is 6. The van der Waals surface area contributed by atoms with E-state index in [0.29, 0.717) is 0 Å². The number of benzene rings is 11. The van der Waals surface area contributed by atoms with Gasteiger partial charge in [-0.15, -0.1) is 0 Å². The van der Waals surface area contributed by atoms with Gasteiger partial charge in [-0.1, -0.05) is 170 Å². The highest BCUT2D eigenvalue weighted by Gasteiger charge is 2.19. The standard InChI is InChI=1S/C58H37NO/c1-4-16-46-38(12-1)15-11-23-47(46)40-24-29-43(30-25-40)59(45-33-35-54-55-34-28-39-13-2-6-19-50(39)58(55)60-57(54)37-45)44-31-26-41(27-32-44)48-17-7-8-21-52(48)56-36-42-14-3-5-18-49(42)51-20-9-10-22-53(51)56/h1-37H. The molecule has 280 valence electrons. The van der Waals surface area contributed by atoms with Crippen molar-refractivity contribution < 1.29 is 4.42 Å². The van der Waals surface area contributed by atoms with Crippen LogP contribution >= 0.6 is 0 Å². The Morgan fingerprint density at radius 3 is 1.53 bits per heavy atom.